The molecular formula is C20H16N2O4S. The monoisotopic (exact) mass is 380 g/mol. The lowest BCUT2D eigenvalue weighted by Gasteiger charge is -2.22. The van der Waals surface area contributed by atoms with E-state index in [1.54, 1.807) is 35.1 Å². The van der Waals surface area contributed by atoms with Gasteiger partial charge in [-0.3, -0.25) is 14.9 Å². The lowest BCUT2D eigenvalue weighted by Crippen LogP contribution is -2.30. The number of anilines is 1. The summed E-state index contributed by atoms with van der Waals surface area (Å²) < 4.78 is 5.52. The molecule has 4 rings (SSSR count). The summed E-state index contributed by atoms with van der Waals surface area (Å²) in [5.74, 6) is 0.723. The highest BCUT2D eigenvalue weighted by atomic mass is 32.2. The Morgan fingerprint density at radius 1 is 1.15 bits per heavy atom. The molecule has 0 saturated heterocycles. The van der Waals surface area contributed by atoms with Gasteiger partial charge >= 0.3 is 0 Å². The third-order valence-electron chi connectivity index (χ3n) is 4.41. The minimum Gasteiger partial charge on any atom is -0.468 e. The SMILES string of the molecule is O=C1CC(c2ccco2)Sc2ccccc2N1Cc1cccc([N+](=O)[O-])c1. The molecule has 0 fully saturated rings. The number of amides is 1. The van der Waals surface area contributed by atoms with E-state index in [1.807, 2.05) is 36.4 Å². The Balaban J connectivity index is 1.69. The van der Waals surface area contributed by atoms with E-state index < -0.39 is 4.92 Å². The van der Waals surface area contributed by atoms with Gasteiger partial charge in [0.25, 0.3) is 5.69 Å². The number of hydrogen-bond donors (Lipinski definition) is 0. The largest absolute Gasteiger partial charge is 0.468 e. The van der Waals surface area contributed by atoms with Gasteiger partial charge in [-0.15, -0.1) is 11.8 Å². The molecule has 0 spiro atoms. The number of carbonyl (C=O) groups excluding carboxylic acids is 1. The molecule has 0 N–H and O–H groups in total. The van der Waals surface area contributed by atoms with Crippen LogP contribution in [0.15, 0.2) is 76.2 Å². The third kappa shape index (κ3) is 3.59. The summed E-state index contributed by atoms with van der Waals surface area (Å²) >= 11 is 1.60. The van der Waals surface area contributed by atoms with Gasteiger partial charge in [0.2, 0.25) is 5.91 Å². The Hall–Kier alpha value is -3.06. The molecule has 27 heavy (non-hydrogen) atoms. The highest BCUT2D eigenvalue weighted by molar-refractivity contribution is 7.99. The summed E-state index contributed by atoms with van der Waals surface area (Å²) in [6.07, 6.45) is 1.90. The summed E-state index contributed by atoms with van der Waals surface area (Å²) in [5, 5.41) is 10.9. The molecule has 1 aliphatic rings. The van der Waals surface area contributed by atoms with Crippen LogP contribution in [-0.4, -0.2) is 10.8 Å². The van der Waals surface area contributed by atoms with Crippen molar-refractivity contribution in [2.75, 3.05) is 4.90 Å². The average molecular weight is 380 g/mol. The highest BCUT2D eigenvalue weighted by Crippen LogP contribution is 2.45. The van der Waals surface area contributed by atoms with E-state index in [1.165, 1.54) is 12.1 Å². The molecule has 1 atom stereocenters. The Morgan fingerprint density at radius 3 is 2.78 bits per heavy atom. The normalized spacial score (nSPS) is 16.7. The summed E-state index contributed by atoms with van der Waals surface area (Å²) in [7, 11) is 0. The van der Waals surface area contributed by atoms with E-state index in [9.17, 15) is 14.9 Å². The fourth-order valence-corrected chi connectivity index (χ4v) is 4.37. The maximum Gasteiger partial charge on any atom is 0.269 e. The number of thioether (sulfide) groups is 1. The van der Waals surface area contributed by atoms with Crippen molar-refractivity contribution in [1.29, 1.82) is 0 Å². The first-order chi connectivity index (χ1) is 13.1. The van der Waals surface area contributed by atoms with Gasteiger partial charge in [-0.1, -0.05) is 24.3 Å². The second kappa shape index (κ2) is 7.28. The number of benzene rings is 2. The van der Waals surface area contributed by atoms with Crippen LogP contribution in [0.25, 0.3) is 0 Å². The number of para-hydroxylation sites is 1. The molecule has 136 valence electrons. The maximum absolute atomic E-state index is 13.0. The van der Waals surface area contributed by atoms with Crippen molar-refractivity contribution < 1.29 is 14.1 Å². The van der Waals surface area contributed by atoms with Crippen molar-refractivity contribution in [3.8, 4) is 0 Å². The molecule has 2 aromatic carbocycles. The Morgan fingerprint density at radius 2 is 2.00 bits per heavy atom. The van der Waals surface area contributed by atoms with Crippen LogP contribution in [0, 0.1) is 10.1 Å². The van der Waals surface area contributed by atoms with Crippen molar-refractivity contribution >= 4 is 29.0 Å². The van der Waals surface area contributed by atoms with Crippen LogP contribution in [-0.2, 0) is 11.3 Å². The van der Waals surface area contributed by atoms with E-state index in [2.05, 4.69) is 0 Å². The minimum atomic E-state index is -0.426. The van der Waals surface area contributed by atoms with Crippen LogP contribution in [0.2, 0.25) is 0 Å². The fraction of sp³-hybridized carbons (Fsp3) is 0.150. The van der Waals surface area contributed by atoms with Crippen LogP contribution < -0.4 is 4.90 Å². The van der Waals surface area contributed by atoms with Gasteiger partial charge in [0, 0.05) is 23.4 Å². The minimum absolute atomic E-state index is 0.0193. The topological polar surface area (TPSA) is 76.6 Å². The average Bonchev–Trinajstić information content (AvgIpc) is 3.17. The summed E-state index contributed by atoms with van der Waals surface area (Å²) in [5.41, 5.74) is 1.55. The van der Waals surface area contributed by atoms with Crippen molar-refractivity contribution in [2.45, 2.75) is 23.1 Å². The van der Waals surface area contributed by atoms with Crippen molar-refractivity contribution in [1.82, 2.24) is 0 Å². The van der Waals surface area contributed by atoms with E-state index >= 15 is 0 Å². The molecule has 6 nitrogen and oxygen atoms in total. The van der Waals surface area contributed by atoms with E-state index in [4.69, 9.17) is 4.42 Å². The fourth-order valence-electron chi connectivity index (χ4n) is 3.14. The molecular weight excluding hydrogens is 364 g/mol. The summed E-state index contributed by atoms with van der Waals surface area (Å²) in [4.78, 5) is 26.3. The third-order valence-corrected chi connectivity index (χ3v) is 5.69. The predicted molar refractivity (Wildman–Crippen MR) is 103 cm³/mol. The zero-order chi connectivity index (χ0) is 18.8. The standard InChI is InChI=1S/C20H16N2O4S/c23-20-12-19(17-8-4-10-26-17)27-18-9-2-1-7-16(18)21(20)13-14-5-3-6-15(11-14)22(24)25/h1-11,19H,12-13H2. The first kappa shape index (κ1) is 17.4. The van der Waals surface area contributed by atoms with E-state index in [0.29, 0.717) is 12.0 Å². The summed E-state index contributed by atoms with van der Waals surface area (Å²) in [6, 6.07) is 17.8. The quantitative estimate of drug-likeness (QED) is 0.472. The Kier molecular flexibility index (Phi) is 4.68. The number of nitro benzene ring substituents is 1. The van der Waals surface area contributed by atoms with Crippen molar-refractivity contribution in [3.63, 3.8) is 0 Å². The van der Waals surface area contributed by atoms with Crippen LogP contribution in [0.1, 0.15) is 23.0 Å². The van der Waals surface area contributed by atoms with Crippen LogP contribution in [0.4, 0.5) is 11.4 Å². The van der Waals surface area contributed by atoms with Crippen LogP contribution in [0.5, 0.6) is 0 Å². The predicted octanol–water partition coefficient (Wildman–Crippen LogP) is 4.96. The first-order valence-corrected chi connectivity index (χ1v) is 9.32. The molecule has 0 aliphatic carbocycles. The number of hydrogen-bond acceptors (Lipinski definition) is 5. The van der Waals surface area contributed by atoms with Gasteiger partial charge in [0.05, 0.1) is 28.7 Å². The van der Waals surface area contributed by atoms with Gasteiger partial charge in [-0.25, -0.2) is 0 Å². The zero-order valence-corrected chi connectivity index (χ0v) is 15.1. The van der Waals surface area contributed by atoms with Crippen LogP contribution in [0.3, 0.4) is 0 Å². The number of rotatable bonds is 4. The molecule has 0 radical (unpaired) electrons. The molecule has 0 bridgehead atoms. The van der Waals surface area contributed by atoms with Crippen molar-refractivity contribution in [3.05, 3.63) is 88.4 Å². The molecule has 1 aromatic heterocycles. The highest BCUT2D eigenvalue weighted by Gasteiger charge is 2.30. The second-order valence-electron chi connectivity index (χ2n) is 6.20. The van der Waals surface area contributed by atoms with Gasteiger partial charge in [-0.05, 0) is 29.8 Å². The Labute approximate surface area is 159 Å². The number of fused-ring (bicyclic) bond motifs is 1. The lowest BCUT2D eigenvalue weighted by molar-refractivity contribution is -0.384. The van der Waals surface area contributed by atoms with Gasteiger partial charge in [-0.2, -0.15) is 0 Å². The number of nitro groups is 1. The second-order valence-corrected chi connectivity index (χ2v) is 7.45. The molecule has 2 heterocycles. The number of nitrogens with zero attached hydrogens (tertiary/aromatic N) is 2. The Bertz CT molecular complexity index is 987. The lowest BCUT2D eigenvalue weighted by atomic mass is 10.1. The van der Waals surface area contributed by atoms with E-state index in [0.717, 1.165) is 16.3 Å². The van der Waals surface area contributed by atoms with Gasteiger partial charge < -0.3 is 9.32 Å². The maximum atomic E-state index is 13.0. The molecule has 1 unspecified atom stereocenters. The van der Waals surface area contributed by atoms with Crippen molar-refractivity contribution in [2.24, 2.45) is 0 Å². The number of furan rings is 1. The molecule has 7 heteroatoms. The zero-order valence-electron chi connectivity index (χ0n) is 14.3. The molecule has 0 saturated carbocycles. The van der Waals surface area contributed by atoms with Gasteiger partial charge in [0.1, 0.15) is 5.76 Å². The molecule has 1 amide bonds. The summed E-state index contributed by atoms with van der Waals surface area (Å²) in [6.45, 7) is 0.281. The number of non-ortho nitro benzene ring substituents is 1. The smallest absolute Gasteiger partial charge is 0.269 e. The van der Waals surface area contributed by atoms with Gasteiger partial charge in [0.15, 0.2) is 0 Å². The molecule has 3 aromatic rings. The van der Waals surface area contributed by atoms with Crippen LogP contribution >= 0.6 is 11.8 Å². The van der Waals surface area contributed by atoms with E-state index in [-0.39, 0.29) is 23.4 Å². The first-order valence-electron chi connectivity index (χ1n) is 8.44. The number of carbonyl (C=O) groups is 1. The molecule has 1 aliphatic heterocycles.